The topological polar surface area (TPSA) is 29.5 Å². The summed E-state index contributed by atoms with van der Waals surface area (Å²) in [5, 5.41) is 0. The first kappa shape index (κ1) is 20.2. The van der Waals surface area contributed by atoms with Crippen LogP contribution in [0.2, 0.25) is 0 Å². The summed E-state index contributed by atoms with van der Waals surface area (Å²) in [6.07, 6.45) is 8.56. The van der Waals surface area contributed by atoms with E-state index in [4.69, 9.17) is 4.74 Å². The normalized spacial score (nSPS) is 20.3. The number of rotatable bonds is 7. The maximum absolute atomic E-state index is 13.6. The van der Waals surface area contributed by atoms with Crippen LogP contribution in [0, 0.1) is 0 Å². The van der Waals surface area contributed by atoms with Crippen LogP contribution in [-0.4, -0.2) is 30.5 Å². The minimum absolute atomic E-state index is 0.0336. The van der Waals surface area contributed by atoms with E-state index in [1.807, 2.05) is 36.4 Å². The second kappa shape index (κ2) is 9.58. The van der Waals surface area contributed by atoms with Crippen molar-refractivity contribution in [3.05, 3.63) is 71.8 Å². The monoisotopic (exact) mass is 391 g/mol. The maximum atomic E-state index is 13.6. The number of esters is 1. The Bertz CT molecular complexity index is 762. The molecule has 1 saturated carbocycles. The molecule has 3 nitrogen and oxygen atoms in total. The number of carbonyl (C=O) groups is 1. The van der Waals surface area contributed by atoms with Crippen LogP contribution in [0.15, 0.2) is 60.7 Å². The van der Waals surface area contributed by atoms with Gasteiger partial charge in [-0.15, -0.1) is 0 Å². The summed E-state index contributed by atoms with van der Waals surface area (Å²) >= 11 is 0. The Morgan fingerprint density at radius 1 is 0.862 bits per heavy atom. The first-order valence-electron chi connectivity index (χ1n) is 11.3. The van der Waals surface area contributed by atoms with E-state index in [9.17, 15) is 4.79 Å². The van der Waals surface area contributed by atoms with Gasteiger partial charge in [0.2, 0.25) is 0 Å². The Hall–Kier alpha value is -2.13. The molecule has 1 aliphatic heterocycles. The lowest BCUT2D eigenvalue weighted by Crippen LogP contribution is -2.36. The van der Waals surface area contributed by atoms with Crippen LogP contribution in [-0.2, 0) is 14.9 Å². The van der Waals surface area contributed by atoms with Gasteiger partial charge in [0.15, 0.2) is 0 Å². The van der Waals surface area contributed by atoms with Gasteiger partial charge in [-0.3, -0.25) is 4.79 Å². The fraction of sp³-hybridized carbons (Fsp3) is 0.500. The van der Waals surface area contributed by atoms with E-state index < -0.39 is 5.41 Å². The highest BCUT2D eigenvalue weighted by Gasteiger charge is 2.45. The molecule has 2 aromatic rings. The molecule has 1 atom stereocenters. The number of benzene rings is 2. The summed E-state index contributed by atoms with van der Waals surface area (Å²) in [5.41, 5.74) is 1.75. The molecule has 0 N–H and O–H groups in total. The van der Waals surface area contributed by atoms with Crippen molar-refractivity contribution in [1.29, 1.82) is 0 Å². The summed E-state index contributed by atoms with van der Waals surface area (Å²) in [6.45, 7) is 3.33. The van der Waals surface area contributed by atoms with Gasteiger partial charge in [-0.25, -0.2) is 0 Å². The molecular weight excluding hydrogens is 358 g/mol. The van der Waals surface area contributed by atoms with Crippen LogP contribution in [0.5, 0.6) is 0 Å². The predicted molar refractivity (Wildman–Crippen MR) is 117 cm³/mol. The zero-order valence-corrected chi connectivity index (χ0v) is 17.4. The largest absolute Gasteiger partial charge is 0.457 e. The Balaban J connectivity index is 1.52. The Labute approximate surface area is 175 Å². The van der Waals surface area contributed by atoms with Crippen molar-refractivity contribution >= 4 is 5.97 Å². The van der Waals surface area contributed by atoms with Gasteiger partial charge in [0.1, 0.15) is 6.10 Å². The Morgan fingerprint density at radius 3 is 2.14 bits per heavy atom. The van der Waals surface area contributed by atoms with Gasteiger partial charge >= 0.3 is 5.97 Å². The number of nitrogens with zero attached hydrogens (tertiary/aromatic N) is 1. The first-order chi connectivity index (χ1) is 14.3. The van der Waals surface area contributed by atoms with Crippen molar-refractivity contribution < 1.29 is 9.53 Å². The highest BCUT2D eigenvalue weighted by atomic mass is 16.5. The average molecular weight is 392 g/mol. The molecule has 0 unspecified atom stereocenters. The van der Waals surface area contributed by atoms with Crippen molar-refractivity contribution in [2.75, 3.05) is 19.6 Å². The summed E-state index contributed by atoms with van der Waals surface area (Å²) < 4.78 is 6.30. The molecule has 29 heavy (non-hydrogen) atoms. The Morgan fingerprint density at radius 2 is 1.48 bits per heavy atom. The van der Waals surface area contributed by atoms with Gasteiger partial charge in [0.25, 0.3) is 0 Å². The fourth-order valence-corrected chi connectivity index (χ4v) is 5.03. The van der Waals surface area contributed by atoms with Crippen molar-refractivity contribution in [1.82, 2.24) is 4.90 Å². The number of piperidine rings is 1. The van der Waals surface area contributed by atoms with Gasteiger partial charge in [-0.05, 0) is 49.9 Å². The fourth-order valence-electron chi connectivity index (χ4n) is 5.03. The highest BCUT2D eigenvalue weighted by molar-refractivity contribution is 5.84. The smallest absolute Gasteiger partial charge is 0.317 e. The molecule has 4 rings (SSSR count). The van der Waals surface area contributed by atoms with Gasteiger partial charge in [-0.2, -0.15) is 0 Å². The molecule has 154 valence electrons. The molecule has 0 aromatic heterocycles. The van der Waals surface area contributed by atoms with E-state index in [0.29, 0.717) is 0 Å². The van der Waals surface area contributed by atoms with Crippen LogP contribution >= 0.6 is 0 Å². The van der Waals surface area contributed by atoms with Gasteiger partial charge in [0.05, 0.1) is 5.41 Å². The van der Waals surface area contributed by atoms with E-state index in [1.165, 1.54) is 32.4 Å². The molecule has 2 aromatic carbocycles. The molecule has 1 heterocycles. The number of ether oxygens (including phenoxy) is 1. The summed E-state index contributed by atoms with van der Waals surface area (Å²) in [4.78, 5) is 16.1. The number of likely N-dealkylation sites (tertiary alicyclic amines) is 1. The summed E-state index contributed by atoms with van der Waals surface area (Å²) in [7, 11) is 0. The van der Waals surface area contributed by atoms with E-state index >= 15 is 0 Å². The minimum atomic E-state index is -0.473. The molecule has 0 radical (unpaired) electrons. The average Bonchev–Trinajstić information content (AvgIpc) is 3.30. The third-order valence-corrected chi connectivity index (χ3v) is 6.75. The van der Waals surface area contributed by atoms with Crippen molar-refractivity contribution in [2.24, 2.45) is 0 Å². The Kier molecular flexibility index (Phi) is 6.66. The lowest BCUT2D eigenvalue weighted by atomic mass is 9.79. The molecule has 2 fully saturated rings. The second-order valence-electron chi connectivity index (χ2n) is 8.65. The van der Waals surface area contributed by atoms with Crippen LogP contribution in [0.1, 0.15) is 68.6 Å². The SMILES string of the molecule is O=C(O[C@H](CCN1CCCCC1)c1ccccc1)C1(c2ccccc2)CCCC1. The van der Waals surface area contributed by atoms with E-state index in [-0.39, 0.29) is 12.1 Å². The van der Waals surface area contributed by atoms with Gasteiger partial charge < -0.3 is 9.64 Å². The van der Waals surface area contributed by atoms with Gasteiger partial charge in [-0.1, -0.05) is 79.9 Å². The third kappa shape index (κ3) is 4.72. The summed E-state index contributed by atoms with van der Waals surface area (Å²) in [6, 6.07) is 20.6. The lowest BCUT2D eigenvalue weighted by Gasteiger charge is -2.32. The van der Waals surface area contributed by atoms with Crippen molar-refractivity contribution in [3.8, 4) is 0 Å². The molecule has 1 saturated heterocycles. The maximum Gasteiger partial charge on any atom is 0.317 e. The minimum Gasteiger partial charge on any atom is -0.457 e. The second-order valence-corrected chi connectivity index (χ2v) is 8.65. The molecule has 3 heteroatoms. The van der Waals surface area contributed by atoms with Crippen molar-refractivity contribution in [3.63, 3.8) is 0 Å². The molecule has 0 bridgehead atoms. The lowest BCUT2D eigenvalue weighted by molar-refractivity contribution is -0.157. The molecule has 1 aliphatic carbocycles. The predicted octanol–water partition coefficient (Wildman–Crippen LogP) is 5.66. The summed E-state index contributed by atoms with van der Waals surface area (Å²) in [5.74, 6) is -0.0336. The van der Waals surface area contributed by atoms with Crippen molar-refractivity contribution in [2.45, 2.75) is 62.9 Å². The standard InChI is InChI=1S/C26H33NO2/c28-25(26(17-8-9-18-26)23-14-6-2-7-15-23)29-24(22-12-4-1-5-13-22)16-21-27-19-10-3-11-20-27/h1-2,4-7,12-15,24H,3,8-11,16-21H2/t24-/m1/s1. The zero-order valence-electron chi connectivity index (χ0n) is 17.4. The van der Waals surface area contributed by atoms with Crippen LogP contribution in [0.4, 0.5) is 0 Å². The third-order valence-electron chi connectivity index (χ3n) is 6.75. The van der Waals surface area contributed by atoms with E-state index in [1.54, 1.807) is 0 Å². The first-order valence-corrected chi connectivity index (χ1v) is 11.3. The van der Waals surface area contributed by atoms with Crippen LogP contribution in [0.25, 0.3) is 0 Å². The molecule has 2 aliphatic rings. The van der Waals surface area contributed by atoms with E-state index in [2.05, 4.69) is 29.2 Å². The number of hydrogen-bond acceptors (Lipinski definition) is 3. The highest BCUT2D eigenvalue weighted by Crippen LogP contribution is 2.43. The van der Waals surface area contributed by atoms with Crippen LogP contribution < -0.4 is 0 Å². The number of carbonyl (C=O) groups excluding carboxylic acids is 1. The van der Waals surface area contributed by atoms with Gasteiger partial charge in [0, 0.05) is 13.0 Å². The quantitative estimate of drug-likeness (QED) is 0.571. The van der Waals surface area contributed by atoms with E-state index in [0.717, 1.165) is 49.8 Å². The number of hydrogen-bond donors (Lipinski definition) is 0. The molecule has 0 amide bonds. The zero-order chi connectivity index (χ0) is 19.9. The van der Waals surface area contributed by atoms with Crippen LogP contribution in [0.3, 0.4) is 0 Å². The molecular formula is C26H33NO2. The molecule has 0 spiro atoms.